The van der Waals surface area contributed by atoms with Gasteiger partial charge in [-0.05, 0) is 51.3 Å². The molecule has 0 atom stereocenters. The average Bonchev–Trinajstić information content (AvgIpc) is 2.11. The molecule has 0 aliphatic rings. The smallest absolute Gasteiger partial charge is 0.252 e. The molecule has 0 saturated carbocycles. The van der Waals surface area contributed by atoms with Gasteiger partial charge in [0.1, 0.15) is 0 Å². The fourth-order valence-electron chi connectivity index (χ4n) is 2.29. The zero-order chi connectivity index (χ0) is 15.0. The summed E-state index contributed by atoms with van der Waals surface area (Å²) >= 11 is 0. The number of hydrogen-bond acceptors (Lipinski definition) is 3. The van der Waals surface area contributed by atoms with Crippen LogP contribution in [-0.4, -0.2) is 20.4 Å². The molecule has 19 heavy (non-hydrogen) atoms. The third kappa shape index (κ3) is 3.33. The van der Waals surface area contributed by atoms with E-state index in [4.69, 9.17) is 5.14 Å². The van der Waals surface area contributed by atoms with Crippen molar-refractivity contribution in [2.75, 3.05) is 0 Å². The molecule has 0 bridgehead atoms. The highest BCUT2D eigenvalue weighted by Gasteiger charge is 2.22. The normalized spacial score (nSPS) is 11.7. The van der Waals surface area contributed by atoms with Crippen molar-refractivity contribution in [3.8, 4) is 0 Å². The van der Waals surface area contributed by atoms with E-state index in [2.05, 4.69) is 5.32 Å². The van der Waals surface area contributed by atoms with Crippen LogP contribution in [0.2, 0.25) is 0 Å². The van der Waals surface area contributed by atoms with Crippen LogP contribution in [0.4, 0.5) is 0 Å². The summed E-state index contributed by atoms with van der Waals surface area (Å²) in [4.78, 5) is 12.2. The van der Waals surface area contributed by atoms with Crippen molar-refractivity contribution in [1.82, 2.24) is 5.32 Å². The summed E-state index contributed by atoms with van der Waals surface area (Å²) in [6, 6.07) is 1.65. The molecule has 1 rings (SSSR count). The van der Waals surface area contributed by atoms with Gasteiger partial charge in [0.15, 0.2) is 0 Å². The minimum atomic E-state index is -3.85. The highest BCUT2D eigenvalue weighted by atomic mass is 32.2. The summed E-state index contributed by atoms with van der Waals surface area (Å²) in [5.41, 5.74) is 2.07. The molecule has 0 fully saturated rings. The second kappa shape index (κ2) is 5.30. The van der Waals surface area contributed by atoms with Crippen molar-refractivity contribution < 1.29 is 13.2 Å². The van der Waals surface area contributed by atoms with E-state index in [9.17, 15) is 13.2 Å². The van der Waals surface area contributed by atoms with E-state index in [0.717, 1.165) is 5.56 Å². The van der Waals surface area contributed by atoms with Crippen molar-refractivity contribution in [2.45, 2.75) is 45.6 Å². The second-order valence-electron chi connectivity index (χ2n) is 5.01. The molecule has 0 aliphatic carbocycles. The number of nitrogens with two attached hydrogens (primary N) is 1. The first-order chi connectivity index (χ1) is 8.55. The molecule has 0 spiro atoms. The van der Waals surface area contributed by atoms with Crippen molar-refractivity contribution in [2.24, 2.45) is 5.14 Å². The summed E-state index contributed by atoms with van der Waals surface area (Å²) in [7, 11) is -3.85. The number of amides is 1. The first kappa shape index (κ1) is 15.7. The van der Waals surface area contributed by atoms with Gasteiger partial charge in [-0.3, -0.25) is 4.79 Å². The lowest BCUT2D eigenvalue weighted by atomic mass is 9.99. The Morgan fingerprint density at radius 1 is 1.21 bits per heavy atom. The van der Waals surface area contributed by atoms with Gasteiger partial charge in [0.05, 0.1) is 4.90 Å². The molecule has 5 nitrogen and oxygen atoms in total. The van der Waals surface area contributed by atoms with Gasteiger partial charge in [-0.15, -0.1) is 0 Å². The van der Waals surface area contributed by atoms with E-state index in [0.29, 0.717) is 16.7 Å². The molecule has 6 heteroatoms. The molecule has 1 aromatic rings. The van der Waals surface area contributed by atoms with Crippen LogP contribution in [0.15, 0.2) is 11.0 Å². The number of primary sulfonamides is 1. The predicted octanol–water partition coefficient (Wildman–Crippen LogP) is 1.40. The number of rotatable bonds is 3. The van der Waals surface area contributed by atoms with E-state index in [1.807, 2.05) is 13.8 Å². The number of carbonyl (C=O) groups excluding carboxylic acids is 1. The number of carbonyl (C=O) groups is 1. The summed E-state index contributed by atoms with van der Waals surface area (Å²) in [6.07, 6.45) is 0. The fraction of sp³-hybridized carbons (Fsp3) is 0.462. The van der Waals surface area contributed by atoms with Crippen LogP contribution < -0.4 is 10.5 Å². The SMILES string of the molecule is Cc1cc(C)c(S(N)(=O)=O)c(C)c1C(=O)NC(C)C. The predicted molar refractivity (Wildman–Crippen MR) is 74.6 cm³/mol. The van der Waals surface area contributed by atoms with E-state index in [-0.39, 0.29) is 16.8 Å². The quantitative estimate of drug-likeness (QED) is 0.879. The molecule has 0 unspecified atom stereocenters. The van der Waals surface area contributed by atoms with E-state index < -0.39 is 10.0 Å². The topological polar surface area (TPSA) is 89.3 Å². The van der Waals surface area contributed by atoms with Crippen molar-refractivity contribution >= 4 is 15.9 Å². The maximum absolute atomic E-state index is 12.1. The minimum absolute atomic E-state index is 0.0227. The Labute approximate surface area is 114 Å². The standard InChI is InChI=1S/C13H20N2O3S/c1-7(2)15-13(16)11-8(3)6-9(4)12(10(11)5)19(14,17)18/h6-7H,1-5H3,(H,15,16)(H2,14,17,18). The number of sulfonamides is 1. The highest BCUT2D eigenvalue weighted by molar-refractivity contribution is 7.89. The Bertz CT molecular complexity index is 619. The molecular formula is C13H20N2O3S. The van der Waals surface area contributed by atoms with Gasteiger partial charge in [-0.25, -0.2) is 13.6 Å². The first-order valence-corrected chi connectivity index (χ1v) is 7.54. The zero-order valence-electron chi connectivity index (χ0n) is 11.9. The second-order valence-corrected chi connectivity index (χ2v) is 6.51. The minimum Gasteiger partial charge on any atom is -0.350 e. The van der Waals surface area contributed by atoms with Crippen LogP contribution in [0.5, 0.6) is 0 Å². The Morgan fingerprint density at radius 3 is 2.16 bits per heavy atom. The van der Waals surface area contributed by atoms with Gasteiger partial charge in [0.25, 0.3) is 5.91 Å². The molecule has 0 aromatic heterocycles. The Hall–Kier alpha value is -1.40. The number of benzene rings is 1. The van der Waals surface area contributed by atoms with Gasteiger partial charge in [-0.2, -0.15) is 0 Å². The average molecular weight is 284 g/mol. The van der Waals surface area contributed by atoms with E-state index >= 15 is 0 Å². The van der Waals surface area contributed by atoms with Crippen LogP contribution in [0, 0.1) is 20.8 Å². The maximum atomic E-state index is 12.1. The summed E-state index contributed by atoms with van der Waals surface area (Å²) in [5.74, 6) is -0.282. The molecule has 0 saturated heterocycles. The lowest BCUT2D eigenvalue weighted by molar-refractivity contribution is 0.0941. The van der Waals surface area contributed by atoms with Crippen LogP contribution in [0.1, 0.15) is 40.9 Å². The van der Waals surface area contributed by atoms with Gasteiger partial charge < -0.3 is 5.32 Å². The van der Waals surface area contributed by atoms with Gasteiger partial charge >= 0.3 is 0 Å². The maximum Gasteiger partial charge on any atom is 0.252 e. The Balaban J connectivity index is 3.55. The number of aryl methyl sites for hydroxylation is 2. The largest absolute Gasteiger partial charge is 0.350 e. The fourth-order valence-corrected chi connectivity index (χ4v) is 3.33. The Kier molecular flexibility index (Phi) is 4.37. The molecule has 106 valence electrons. The third-order valence-electron chi connectivity index (χ3n) is 2.83. The molecule has 1 aromatic carbocycles. The van der Waals surface area contributed by atoms with Crippen LogP contribution in [0.3, 0.4) is 0 Å². The zero-order valence-corrected chi connectivity index (χ0v) is 12.7. The number of hydrogen-bond donors (Lipinski definition) is 2. The monoisotopic (exact) mass is 284 g/mol. The van der Waals surface area contributed by atoms with Gasteiger partial charge in [-0.1, -0.05) is 6.07 Å². The molecule has 0 radical (unpaired) electrons. The summed E-state index contributed by atoms with van der Waals surface area (Å²) in [5, 5.41) is 7.98. The molecule has 1 amide bonds. The van der Waals surface area contributed by atoms with Crippen molar-refractivity contribution in [1.29, 1.82) is 0 Å². The van der Waals surface area contributed by atoms with Crippen molar-refractivity contribution in [3.63, 3.8) is 0 Å². The van der Waals surface area contributed by atoms with Crippen LogP contribution >= 0.6 is 0 Å². The summed E-state index contributed by atoms with van der Waals surface area (Å²) < 4.78 is 23.3. The lowest BCUT2D eigenvalue weighted by Crippen LogP contribution is -2.32. The summed E-state index contributed by atoms with van der Waals surface area (Å²) in [6.45, 7) is 8.75. The Morgan fingerprint density at radius 2 is 1.74 bits per heavy atom. The molecule has 0 heterocycles. The lowest BCUT2D eigenvalue weighted by Gasteiger charge is -2.17. The van der Waals surface area contributed by atoms with Gasteiger partial charge in [0, 0.05) is 11.6 Å². The first-order valence-electron chi connectivity index (χ1n) is 6.00. The molecular weight excluding hydrogens is 264 g/mol. The molecule has 0 aliphatic heterocycles. The van der Waals surface area contributed by atoms with Crippen molar-refractivity contribution in [3.05, 3.63) is 28.3 Å². The highest BCUT2D eigenvalue weighted by Crippen LogP contribution is 2.25. The van der Waals surface area contributed by atoms with E-state index in [1.165, 1.54) is 0 Å². The third-order valence-corrected chi connectivity index (χ3v) is 4.03. The van der Waals surface area contributed by atoms with Gasteiger partial charge in [0.2, 0.25) is 10.0 Å². The van der Waals surface area contributed by atoms with E-state index in [1.54, 1.807) is 26.8 Å². The van der Waals surface area contributed by atoms with Crippen LogP contribution in [-0.2, 0) is 10.0 Å². The van der Waals surface area contributed by atoms with Crippen LogP contribution in [0.25, 0.3) is 0 Å². The molecule has 3 N–H and O–H groups in total. The number of nitrogens with one attached hydrogen (secondary N) is 1.